The molecule has 0 spiro atoms. The van der Waals surface area contributed by atoms with Gasteiger partial charge in [0.1, 0.15) is 0 Å². The largest absolute Gasteiger partial charge is 0.314 e. The van der Waals surface area contributed by atoms with Crippen molar-refractivity contribution in [2.45, 2.75) is 45.1 Å². The summed E-state index contributed by atoms with van der Waals surface area (Å²) in [5.41, 5.74) is 0. The molecule has 3 atom stereocenters. The topological polar surface area (TPSA) is 12.0 Å². The summed E-state index contributed by atoms with van der Waals surface area (Å²) in [7, 11) is 0. The molecule has 2 aliphatic carbocycles. The monoisotopic (exact) mass is 193 g/mol. The highest BCUT2D eigenvalue weighted by Gasteiger charge is 2.47. The Morgan fingerprint density at radius 1 is 1.36 bits per heavy atom. The normalized spacial score (nSPS) is 36.5. The molecule has 2 saturated carbocycles. The number of hydrogen-bond donors (Lipinski definition) is 1. The highest BCUT2D eigenvalue weighted by molar-refractivity contribution is 4.99. The van der Waals surface area contributed by atoms with E-state index in [4.69, 9.17) is 0 Å². The fourth-order valence-corrected chi connectivity index (χ4v) is 3.15. The molecule has 80 valence electrons. The summed E-state index contributed by atoms with van der Waals surface area (Å²) < 4.78 is 0. The molecule has 0 aromatic heterocycles. The van der Waals surface area contributed by atoms with Gasteiger partial charge in [-0.1, -0.05) is 13.0 Å². The lowest BCUT2D eigenvalue weighted by molar-refractivity contribution is 0.324. The van der Waals surface area contributed by atoms with Crippen molar-refractivity contribution in [3.8, 4) is 0 Å². The Kier molecular flexibility index (Phi) is 3.27. The van der Waals surface area contributed by atoms with Crippen LogP contribution in [0.15, 0.2) is 12.7 Å². The van der Waals surface area contributed by atoms with Gasteiger partial charge in [-0.15, -0.1) is 6.58 Å². The van der Waals surface area contributed by atoms with Crippen molar-refractivity contribution in [3.05, 3.63) is 12.7 Å². The highest BCUT2D eigenvalue weighted by atomic mass is 14.9. The van der Waals surface area contributed by atoms with Gasteiger partial charge in [-0.25, -0.2) is 0 Å². The average molecular weight is 193 g/mol. The maximum Gasteiger partial charge on any atom is 0.00983 e. The van der Waals surface area contributed by atoms with Crippen LogP contribution in [0.5, 0.6) is 0 Å². The zero-order valence-corrected chi connectivity index (χ0v) is 9.34. The van der Waals surface area contributed by atoms with Crippen molar-refractivity contribution in [3.63, 3.8) is 0 Å². The summed E-state index contributed by atoms with van der Waals surface area (Å²) >= 11 is 0. The van der Waals surface area contributed by atoms with Gasteiger partial charge in [0.15, 0.2) is 0 Å². The first kappa shape index (κ1) is 10.2. The van der Waals surface area contributed by atoms with Crippen molar-refractivity contribution >= 4 is 0 Å². The first-order valence-corrected chi connectivity index (χ1v) is 6.19. The van der Waals surface area contributed by atoms with E-state index in [0.717, 1.165) is 30.3 Å². The molecule has 2 fully saturated rings. The Morgan fingerprint density at radius 2 is 2.07 bits per heavy atom. The number of fused-ring (bicyclic) bond motifs is 1. The minimum Gasteiger partial charge on any atom is -0.314 e. The smallest absolute Gasteiger partial charge is 0.00983 e. The maximum atomic E-state index is 3.82. The Bertz CT molecular complexity index is 189. The van der Waals surface area contributed by atoms with Crippen molar-refractivity contribution < 1.29 is 0 Å². The molecule has 2 aliphatic rings. The molecule has 0 aromatic carbocycles. The summed E-state index contributed by atoms with van der Waals surface area (Å²) in [6, 6.07) is 0.769. The summed E-state index contributed by atoms with van der Waals surface area (Å²) in [6.45, 7) is 7.15. The Hall–Kier alpha value is -0.300. The fraction of sp³-hybridized carbons (Fsp3) is 0.846. The molecule has 14 heavy (non-hydrogen) atoms. The third-order valence-electron chi connectivity index (χ3n) is 4.00. The van der Waals surface area contributed by atoms with Crippen LogP contribution in [0.4, 0.5) is 0 Å². The number of rotatable bonds is 6. The first-order chi connectivity index (χ1) is 6.85. The molecule has 0 radical (unpaired) electrons. The Morgan fingerprint density at radius 3 is 2.64 bits per heavy atom. The Labute approximate surface area is 88.0 Å². The minimum atomic E-state index is 0.769. The molecule has 0 amide bonds. The van der Waals surface area contributed by atoms with Crippen LogP contribution in [0.2, 0.25) is 0 Å². The molecule has 0 saturated heterocycles. The van der Waals surface area contributed by atoms with E-state index in [-0.39, 0.29) is 0 Å². The molecule has 0 aromatic rings. The summed E-state index contributed by atoms with van der Waals surface area (Å²) in [5, 5.41) is 3.65. The number of allylic oxidation sites excluding steroid dienone is 1. The maximum absolute atomic E-state index is 3.82. The Balaban J connectivity index is 1.79. The molecule has 0 bridgehead atoms. The van der Waals surface area contributed by atoms with Gasteiger partial charge in [0.05, 0.1) is 0 Å². The van der Waals surface area contributed by atoms with Crippen molar-refractivity contribution in [1.82, 2.24) is 5.32 Å². The van der Waals surface area contributed by atoms with Gasteiger partial charge >= 0.3 is 0 Å². The van der Waals surface area contributed by atoms with E-state index >= 15 is 0 Å². The molecule has 1 nitrogen and oxygen atoms in total. The van der Waals surface area contributed by atoms with Crippen molar-refractivity contribution in [2.75, 3.05) is 6.54 Å². The van der Waals surface area contributed by atoms with Crippen LogP contribution in [-0.4, -0.2) is 12.6 Å². The third kappa shape index (κ3) is 2.20. The fourth-order valence-electron chi connectivity index (χ4n) is 3.15. The van der Waals surface area contributed by atoms with Crippen molar-refractivity contribution in [1.29, 1.82) is 0 Å². The lowest BCUT2D eigenvalue weighted by Crippen LogP contribution is -2.35. The average Bonchev–Trinajstić information content (AvgIpc) is 2.81. The van der Waals surface area contributed by atoms with Crippen LogP contribution in [0.1, 0.15) is 39.0 Å². The van der Waals surface area contributed by atoms with Gasteiger partial charge in [-0.05, 0) is 56.4 Å². The van der Waals surface area contributed by atoms with Crippen LogP contribution >= 0.6 is 0 Å². The lowest BCUT2D eigenvalue weighted by atomic mass is 9.91. The van der Waals surface area contributed by atoms with Gasteiger partial charge in [0.25, 0.3) is 0 Å². The quantitative estimate of drug-likeness (QED) is 0.639. The molecular weight excluding hydrogens is 170 g/mol. The predicted molar refractivity (Wildman–Crippen MR) is 61.2 cm³/mol. The number of nitrogens with one attached hydrogen (secondary N) is 1. The second kappa shape index (κ2) is 4.48. The minimum absolute atomic E-state index is 0.769. The molecular formula is C13H23N. The van der Waals surface area contributed by atoms with Crippen molar-refractivity contribution in [2.24, 2.45) is 17.8 Å². The summed E-state index contributed by atoms with van der Waals surface area (Å²) in [4.78, 5) is 0. The van der Waals surface area contributed by atoms with Gasteiger partial charge in [0, 0.05) is 6.04 Å². The van der Waals surface area contributed by atoms with Crippen LogP contribution < -0.4 is 5.32 Å². The summed E-state index contributed by atoms with van der Waals surface area (Å²) in [5.74, 6) is 3.20. The van der Waals surface area contributed by atoms with E-state index in [1.807, 2.05) is 0 Å². The second-order valence-electron chi connectivity index (χ2n) is 5.02. The first-order valence-electron chi connectivity index (χ1n) is 6.19. The summed E-state index contributed by atoms with van der Waals surface area (Å²) in [6.07, 6.45) is 9.06. The molecule has 0 heterocycles. The second-order valence-corrected chi connectivity index (χ2v) is 5.02. The van der Waals surface area contributed by atoms with E-state index in [9.17, 15) is 0 Å². The predicted octanol–water partition coefficient (Wildman–Crippen LogP) is 2.98. The van der Waals surface area contributed by atoms with E-state index < -0.39 is 0 Å². The standard InChI is InChI=1S/C13H23N/c1-3-5-6-13(14-4-2)12-8-10-7-11(10)9-12/h3,10-14H,1,4-9H2,2H3. The van der Waals surface area contributed by atoms with Crippen LogP contribution in [-0.2, 0) is 0 Å². The molecule has 2 rings (SSSR count). The zero-order valence-electron chi connectivity index (χ0n) is 9.34. The van der Waals surface area contributed by atoms with Gasteiger partial charge < -0.3 is 5.32 Å². The zero-order chi connectivity index (χ0) is 9.97. The molecule has 3 unspecified atom stereocenters. The lowest BCUT2D eigenvalue weighted by Gasteiger charge is -2.25. The van der Waals surface area contributed by atoms with Gasteiger partial charge in [-0.2, -0.15) is 0 Å². The molecule has 0 aliphatic heterocycles. The van der Waals surface area contributed by atoms with E-state index in [1.54, 1.807) is 0 Å². The van der Waals surface area contributed by atoms with E-state index in [1.165, 1.54) is 32.1 Å². The van der Waals surface area contributed by atoms with E-state index in [0.29, 0.717) is 0 Å². The van der Waals surface area contributed by atoms with Gasteiger partial charge in [-0.3, -0.25) is 0 Å². The molecule has 1 N–H and O–H groups in total. The van der Waals surface area contributed by atoms with Crippen LogP contribution in [0.25, 0.3) is 0 Å². The van der Waals surface area contributed by atoms with Crippen LogP contribution in [0, 0.1) is 17.8 Å². The van der Waals surface area contributed by atoms with Gasteiger partial charge in [0.2, 0.25) is 0 Å². The van der Waals surface area contributed by atoms with Crippen LogP contribution in [0.3, 0.4) is 0 Å². The highest BCUT2D eigenvalue weighted by Crippen LogP contribution is 2.55. The number of hydrogen-bond acceptors (Lipinski definition) is 1. The third-order valence-corrected chi connectivity index (χ3v) is 4.00. The van der Waals surface area contributed by atoms with E-state index in [2.05, 4.69) is 24.9 Å². The molecule has 1 heteroatoms. The SMILES string of the molecule is C=CCCC(NCC)C1CC2CC2C1.